The molecule has 1 aliphatic rings. The normalized spacial score (nSPS) is 15.8. The van der Waals surface area contributed by atoms with Crippen molar-refractivity contribution in [2.75, 3.05) is 6.54 Å². The lowest BCUT2D eigenvalue weighted by atomic mass is 9.93. The number of amides is 1. The molecule has 1 aliphatic heterocycles. The number of para-hydroxylation sites is 1. The molecule has 0 saturated carbocycles. The Bertz CT molecular complexity index is 1250. The number of hydrogen-bond donors (Lipinski definition) is 0. The quantitative estimate of drug-likeness (QED) is 0.373. The van der Waals surface area contributed by atoms with Gasteiger partial charge >= 0.3 is 0 Å². The molecule has 31 heavy (non-hydrogen) atoms. The summed E-state index contributed by atoms with van der Waals surface area (Å²) in [5.41, 5.74) is 6.74. The molecule has 0 N–H and O–H groups in total. The summed E-state index contributed by atoms with van der Waals surface area (Å²) in [6.45, 7) is 5.19. The molecule has 3 aromatic carbocycles. The fraction of sp³-hybridized carbons (Fsp3) is 0.250. The largest absolute Gasteiger partial charge is 0.343 e. The average Bonchev–Trinajstić information content (AvgIpc) is 3.24. The van der Waals surface area contributed by atoms with Crippen LogP contribution in [0.1, 0.15) is 47.8 Å². The molecule has 2 heterocycles. The van der Waals surface area contributed by atoms with Gasteiger partial charge in [0.1, 0.15) is 0 Å². The first-order chi connectivity index (χ1) is 15.1. The lowest BCUT2D eigenvalue weighted by Crippen LogP contribution is -2.30. The molecule has 0 radical (unpaired) electrons. The van der Waals surface area contributed by atoms with Crippen LogP contribution in [0.15, 0.2) is 78.9 Å². The Hall–Kier alpha value is -3.33. The summed E-state index contributed by atoms with van der Waals surface area (Å²) in [5.74, 6) is 0.687. The molecular weight excluding hydrogens is 380 g/mol. The van der Waals surface area contributed by atoms with Gasteiger partial charge < -0.3 is 9.47 Å². The maximum atomic E-state index is 13.5. The van der Waals surface area contributed by atoms with Crippen molar-refractivity contribution in [3.05, 3.63) is 95.6 Å². The van der Waals surface area contributed by atoms with Crippen LogP contribution in [0.2, 0.25) is 0 Å². The Morgan fingerprint density at radius 3 is 2.32 bits per heavy atom. The number of carbonyl (C=O) groups excluding carboxylic acids is 1. The van der Waals surface area contributed by atoms with Crippen molar-refractivity contribution in [2.24, 2.45) is 13.0 Å². The van der Waals surface area contributed by atoms with Crippen molar-refractivity contribution in [1.82, 2.24) is 9.47 Å². The molecule has 1 aromatic heterocycles. The van der Waals surface area contributed by atoms with Gasteiger partial charge in [-0.1, -0.05) is 80.6 Å². The Morgan fingerprint density at radius 1 is 0.871 bits per heavy atom. The molecule has 0 unspecified atom stereocenters. The van der Waals surface area contributed by atoms with Crippen molar-refractivity contribution < 1.29 is 4.79 Å². The van der Waals surface area contributed by atoms with Crippen LogP contribution in [-0.4, -0.2) is 21.9 Å². The van der Waals surface area contributed by atoms with Crippen molar-refractivity contribution in [1.29, 1.82) is 0 Å². The van der Waals surface area contributed by atoms with E-state index in [2.05, 4.69) is 97.1 Å². The van der Waals surface area contributed by atoms with Gasteiger partial charge in [-0.3, -0.25) is 4.79 Å². The van der Waals surface area contributed by atoms with Gasteiger partial charge in [0.15, 0.2) is 0 Å². The van der Waals surface area contributed by atoms with Crippen molar-refractivity contribution in [3.8, 4) is 11.3 Å². The Balaban J connectivity index is 1.80. The van der Waals surface area contributed by atoms with Crippen molar-refractivity contribution >= 4 is 16.8 Å². The van der Waals surface area contributed by atoms with E-state index in [4.69, 9.17) is 0 Å². The molecule has 1 atom stereocenters. The molecule has 0 spiro atoms. The third-order valence-corrected chi connectivity index (χ3v) is 6.47. The summed E-state index contributed by atoms with van der Waals surface area (Å²) in [6.07, 6.45) is 0.988. The molecule has 3 heteroatoms. The van der Waals surface area contributed by atoms with Crippen molar-refractivity contribution in [3.63, 3.8) is 0 Å². The highest BCUT2D eigenvalue weighted by atomic mass is 16.2. The maximum Gasteiger partial charge on any atom is 0.255 e. The molecule has 0 aliphatic carbocycles. The lowest BCUT2D eigenvalue weighted by Gasteiger charge is -2.27. The molecular formula is C28H28N2O. The van der Waals surface area contributed by atoms with Gasteiger partial charge in [0.25, 0.3) is 5.91 Å². The van der Waals surface area contributed by atoms with E-state index >= 15 is 0 Å². The molecule has 156 valence electrons. The van der Waals surface area contributed by atoms with Crippen LogP contribution in [0.4, 0.5) is 0 Å². The van der Waals surface area contributed by atoms with E-state index in [1.54, 1.807) is 0 Å². The van der Waals surface area contributed by atoms with Crippen LogP contribution >= 0.6 is 0 Å². The first kappa shape index (κ1) is 19.6. The molecule has 3 nitrogen and oxygen atoms in total. The number of hydrogen-bond acceptors (Lipinski definition) is 1. The van der Waals surface area contributed by atoms with E-state index in [1.165, 1.54) is 27.7 Å². The highest BCUT2D eigenvalue weighted by Gasteiger charge is 2.40. The zero-order valence-corrected chi connectivity index (χ0v) is 18.4. The standard InChI is InChI=1S/C28H28N2O/c1-19(2)17-18-30-27(21-13-7-8-14-22(21)28(30)31)25-23-15-9-10-16-24(23)29(3)26(25)20-11-5-4-6-12-20/h4-16,19,27H,17-18H2,1-3H3/t27-/m0/s1. The number of fused-ring (bicyclic) bond motifs is 2. The van der Waals surface area contributed by atoms with Gasteiger partial charge in [0, 0.05) is 35.6 Å². The first-order valence-corrected chi connectivity index (χ1v) is 11.1. The first-order valence-electron chi connectivity index (χ1n) is 11.1. The zero-order chi connectivity index (χ0) is 21.5. The Kier molecular flexibility index (Phi) is 4.90. The minimum Gasteiger partial charge on any atom is -0.343 e. The fourth-order valence-electron chi connectivity index (χ4n) is 4.95. The monoisotopic (exact) mass is 408 g/mol. The number of aryl methyl sites for hydroxylation is 1. The molecule has 0 saturated heterocycles. The second kappa shape index (κ2) is 7.73. The van der Waals surface area contributed by atoms with E-state index < -0.39 is 0 Å². The highest BCUT2D eigenvalue weighted by molar-refractivity contribution is 6.02. The predicted molar refractivity (Wildman–Crippen MR) is 127 cm³/mol. The summed E-state index contributed by atoms with van der Waals surface area (Å²) in [4.78, 5) is 15.6. The summed E-state index contributed by atoms with van der Waals surface area (Å²) in [6, 6.07) is 27.2. The van der Waals surface area contributed by atoms with E-state index in [0.717, 1.165) is 24.1 Å². The van der Waals surface area contributed by atoms with Gasteiger partial charge in [-0.15, -0.1) is 0 Å². The molecule has 0 bridgehead atoms. The Labute approximate surface area is 183 Å². The third kappa shape index (κ3) is 3.16. The fourth-order valence-corrected chi connectivity index (χ4v) is 4.95. The second-order valence-electron chi connectivity index (χ2n) is 8.88. The van der Waals surface area contributed by atoms with Gasteiger partial charge in [0.05, 0.1) is 11.7 Å². The number of benzene rings is 3. The maximum absolute atomic E-state index is 13.5. The molecule has 4 aromatic rings. The molecule has 0 fully saturated rings. The van der Waals surface area contributed by atoms with Crippen LogP contribution < -0.4 is 0 Å². The molecule has 5 rings (SSSR count). The topological polar surface area (TPSA) is 25.2 Å². The molecule has 1 amide bonds. The summed E-state index contributed by atoms with van der Waals surface area (Å²) in [5, 5.41) is 1.22. The van der Waals surface area contributed by atoms with E-state index in [0.29, 0.717) is 5.92 Å². The summed E-state index contributed by atoms with van der Waals surface area (Å²) in [7, 11) is 2.13. The smallest absolute Gasteiger partial charge is 0.255 e. The predicted octanol–water partition coefficient (Wildman–Crippen LogP) is 6.44. The number of aromatic nitrogens is 1. The third-order valence-electron chi connectivity index (χ3n) is 6.47. The van der Waals surface area contributed by atoms with Gasteiger partial charge in [-0.05, 0) is 35.6 Å². The van der Waals surface area contributed by atoms with E-state index in [9.17, 15) is 4.79 Å². The van der Waals surface area contributed by atoms with Crippen LogP contribution in [0.5, 0.6) is 0 Å². The zero-order valence-electron chi connectivity index (χ0n) is 18.4. The van der Waals surface area contributed by atoms with E-state index in [1.807, 2.05) is 12.1 Å². The van der Waals surface area contributed by atoms with Gasteiger partial charge in [-0.25, -0.2) is 0 Å². The lowest BCUT2D eigenvalue weighted by molar-refractivity contribution is 0.0742. The van der Waals surface area contributed by atoms with Gasteiger partial charge in [0.2, 0.25) is 0 Å². The van der Waals surface area contributed by atoms with Crippen molar-refractivity contribution in [2.45, 2.75) is 26.3 Å². The van der Waals surface area contributed by atoms with E-state index in [-0.39, 0.29) is 11.9 Å². The summed E-state index contributed by atoms with van der Waals surface area (Å²) >= 11 is 0. The highest BCUT2D eigenvalue weighted by Crippen LogP contribution is 2.46. The SMILES string of the molecule is CC(C)CCN1C(=O)c2ccccc2[C@H]1c1c(-c2ccccc2)n(C)c2ccccc12. The average molecular weight is 409 g/mol. The summed E-state index contributed by atoms with van der Waals surface area (Å²) < 4.78 is 2.28. The number of carbonyl (C=O) groups is 1. The van der Waals surface area contributed by atoms with Crippen LogP contribution in [-0.2, 0) is 7.05 Å². The van der Waals surface area contributed by atoms with Crippen LogP contribution in [0, 0.1) is 5.92 Å². The minimum atomic E-state index is -0.0799. The van der Waals surface area contributed by atoms with Crippen LogP contribution in [0.25, 0.3) is 22.2 Å². The Morgan fingerprint density at radius 2 is 1.55 bits per heavy atom. The number of rotatable bonds is 5. The minimum absolute atomic E-state index is 0.0799. The van der Waals surface area contributed by atoms with Gasteiger partial charge in [-0.2, -0.15) is 0 Å². The van der Waals surface area contributed by atoms with Crippen LogP contribution in [0.3, 0.4) is 0 Å². The number of nitrogens with zero attached hydrogens (tertiary/aromatic N) is 2. The second-order valence-corrected chi connectivity index (χ2v) is 8.88.